The molecule has 0 bridgehead atoms. The topological polar surface area (TPSA) is 131 Å². The summed E-state index contributed by atoms with van der Waals surface area (Å²) < 4.78 is 13.2. The SMILES string of the molecule is C=CC(=O)N1CCN(Cn2cnc([C@H](C)Nc3nc(C)nc(N4C(=O)OC5(COC5)[C@@H]4C(C)C)n3)c2)C[C@@H]1C. The van der Waals surface area contributed by atoms with Crippen molar-refractivity contribution in [3.8, 4) is 0 Å². The molecule has 0 radical (unpaired) electrons. The fourth-order valence-electron chi connectivity index (χ4n) is 5.70. The molecule has 3 fully saturated rings. The van der Waals surface area contributed by atoms with Crippen molar-refractivity contribution in [3.05, 3.63) is 36.7 Å². The van der Waals surface area contributed by atoms with E-state index >= 15 is 0 Å². The second kappa shape index (κ2) is 10.5. The number of anilines is 2. The first-order valence-corrected chi connectivity index (χ1v) is 13.4. The molecule has 210 valence electrons. The number of amides is 2. The third-order valence-corrected chi connectivity index (χ3v) is 7.55. The quantitative estimate of drug-likeness (QED) is 0.497. The van der Waals surface area contributed by atoms with Crippen LogP contribution in [0.3, 0.4) is 0 Å². The molecule has 3 aliphatic rings. The fraction of sp³-hybridized carbons (Fsp3) is 0.615. The van der Waals surface area contributed by atoms with Crippen LogP contribution in [-0.2, 0) is 20.9 Å². The highest BCUT2D eigenvalue weighted by Crippen LogP contribution is 2.41. The van der Waals surface area contributed by atoms with Crippen LogP contribution in [0, 0.1) is 12.8 Å². The Labute approximate surface area is 228 Å². The Hall–Kier alpha value is -3.58. The van der Waals surface area contributed by atoms with Gasteiger partial charge in [0.25, 0.3) is 0 Å². The van der Waals surface area contributed by atoms with Gasteiger partial charge in [-0.1, -0.05) is 20.4 Å². The maximum absolute atomic E-state index is 12.9. The molecule has 3 saturated heterocycles. The molecule has 0 aromatic carbocycles. The third kappa shape index (κ3) is 5.20. The molecule has 5 heterocycles. The van der Waals surface area contributed by atoms with Gasteiger partial charge in [-0.2, -0.15) is 15.0 Å². The van der Waals surface area contributed by atoms with Crippen LogP contribution in [0.1, 0.15) is 45.3 Å². The van der Waals surface area contributed by atoms with E-state index in [1.807, 2.05) is 36.4 Å². The van der Waals surface area contributed by atoms with Crippen molar-refractivity contribution in [1.29, 1.82) is 0 Å². The van der Waals surface area contributed by atoms with E-state index in [1.54, 1.807) is 13.3 Å². The van der Waals surface area contributed by atoms with Gasteiger partial charge in [-0.05, 0) is 32.8 Å². The van der Waals surface area contributed by atoms with E-state index in [0.717, 1.165) is 18.8 Å². The number of rotatable bonds is 8. The first kappa shape index (κ1) is 27.0. The average Bonchev–Trinajstić information content (AvgIpc) is 3.45. The molecule has 13 nitrogen and oxygen atoms in total. The van der Waals surface area contributed by atoms with Crippen LogP contribution in [-0.4, -0.2) is 96.8 Å². The Balaban J connectivity index is 1.25. The zero-order valence-electron chi connectivity index (χ0n) is 23.2. The molecule has 1 N–H and O–H groups in total. The van der Waals surface area contributed by atoms with E-state index in [1.165, 1.54) is 11.0 Å². The molecule has 2 aromatic rings. The van der Waals surface area contributed by atoms with Crippen LogP contribution in [0.15, 0.2) is 25.2 Å². The number of piperazine rings is 1. The van der Waals surface area contributed by atoms with Gasteiger partial charge in [0.15, 0.2) is 5.60 Å². The van der Waals surface area contributed by atoms with E-state index in [-0.39, 0.29) is 35.9 Å². The summed E-state index contributed by atoms with van der Waals surface area (Å²) in [6.07, 6.45) is 4.70. The van der Waals surface area contributed by atoms with Gasteiger partial charge in [0.2, 0.25) is 17.8 Å². The molecule has 39 heavy (non-hydrogen) atoms. The first-order chi connectivity index (χ1) is 18.6. The number of carbonyl (C=O) groups is 2. The predicted octanol–water partition coefficient (Wildman–Crippen LogP) is 1.98. The first-order valence-electron chi connectivity index (χ1n) is 13.4. The van der Waals surface area contributed by atoms with Crippen LogP contribution in [0.5, 0.6) is 0 Å². The minimum Gasteiger partial charge on any atom is -0.435 e. The van der Waals surface area contributed by atoms with Crippen molar-refractivity contribution in [2.45, 2.75) is 65.0 Å². The number of carbonyl (C=O) groups excluding carboxylic acids is 2. The number of ether oxygens (including phenoxy) is 2. The van der Waals surface area contributed by atoms with E-state index in [0.29, 0.717) is 38.2 Å². The normalized spacial score (nSPS) is 23.6. The number of aryl methyl sites for hydroxylation is 1. The standard InChI is InChI=1S/C26H37N9O4/c1-7-21(36)34-9-8-32(10-17(34)4)15-33-11-20(27-14-33)18(5)28-23-29-19(6)30-24(31-23)35-22(16(2)3)26(12-38-13-26)39-25(35)37/h7,11,14,16-18,22H,1,8-10,12-13,15H2,2-6H3,(H,28,29,30,31)/t17-,18-,22-/m0/s1. The highest BCUT2D eigenvalue weighted by molar-refractivity contribution is 5.89. The lowest BCUT2D eigenvalue weighted by molar-refractivity contribution is -0.174. The van der Waals surface area contributed by atoms with Crippen LogP contribution in [0.2, 0.25) is 0 Å². The summed E-state index contributed by atoms with van der Waals surface area (Å²) >= 11 is 0. The molecule has 2 aromatic heterocycles. The predicted molar refractivity (Wildman–Crippen MR) is 143 cm³/mol. The van der Waals surface area contributed by atoms with Crippen molar-refractivity contribution in [2.24, 2.45) is 5.92 Å². The zero-order valence-corrected chi connectivity index (χ0v) is 23.2. The van der Waals surface area contributed by atoms with Gasteiger partial charge in [0.1, 0.15) is 5.82 Å². The van der Waals surface area contributed by atoms with Crippen molar-refractivity contribution in [3.63, 3.8) is 0 Å². The van der Waals surface area contributed by atoms with Gasteiger partial charge in [0.05, 0.1) is 44.0 Å². The molecular weight excluding hydrogens is 502 g/mol. The fourth-order valence-corrected chi connectivity index (χ4v) is 5.70. The average molecular weight is 540 g/mol. The zero-order chi connectivity index (χ0) is 27.9. The highest BCUT2D eigenvalue weighted by atomic mass is 16.6. The Morgan fingerprint density at radius 3 is 2.67 bits per heavy atom. The van der Waals surface area contributed by atoms with E-state index in [9.17, 15) is 9.59 Å². The smallest absolute Gasteiger partial charge is 0.417 e. The minimum atomic E-state index is -0.662. The molecular formula is C26H37N9O4. The summed E-state index contributed by atoms with van der Waals surface area (Å²) in [5.74, 6) is 1.20. The van der Waals surface area contributed by atoms with Crippen molar-refractivity contribution < 1.29 is 19.1 Å². The number of hydrogen-bond donors (Lipinski definition) is 1. The summed E-state index contributed by atoms with van der Waals surface area (Å²) in [5.41, 5.74) is 0.167. The lowest BCUT2D eigenvalue weighted by atomic mass is 9.84. The van der Waals surface area contributed by atoms with Gasteiger partial charge in [-0.15, -0.1) is 0 Å². The maximum atomic E-state index is 12.9. The Morgan fingerprint density at radius 1 is 1.26 bits per heavy atom. The van der Waals surface area contributed by atoms with Gasteiger partial charge in [0, 0.05) is 31.9 Å². The monoisotopic (exact) mass is 539 g/mol. The summed E-state index contributed by atoms with van der Waals surface area (Å²) in [4.78, 5) is 48.7. The van der Waals surface area contributed by atoms with E-state index in [4.69, 9.17) is 9.47 Å². The Kier molecular flexibility index (Phi) is 7.29. The van der Waals surface area contributed by atoms with Gasteiger partial charge >= 0.3 is 6.09 Å². The number of imidazole rings is 1. The Bertz CT molecular complexity index is 1240. The third-order valence-electron chi connectivity index (χ3n) is 7.55. The lowest BCUT2D eigenvalue weighted by Gasteiger charge is -2.42. The summed E-state index contributed by atoms with van der Waals surface area (Å²) in [6, 6.07) is -0.315. The van der Waals surface area contributed by atoms with Gasteiger partial charge in [-0.3, -0.25) is 9.69 Å². The van der Waals surface area contributed by atoms with E-state index in [2.05, 4.69) is 43.7 Å². The molecule has 3 aliphatic heterocycles. The molecule has 0 unspecified atom stereocenters. The summed E-state index contributed by atoms with van der Waals surface area (Å²) in [5, 5.41) is 3.31. The number of nitrogens with one attached hydrogen (secondary N) is 1. The van der Waals surface area contributed by atoms with Crippen LogP contribution >= 0.6 is 0 Å². The van der Waals surface area contributed by atoms with Crippen LogP contribution in [0.25, 0.3) is 0 Å². The molecule has 5 rings (SSSR count). The van der Waals surface area contributed by atoms with Crippen molar-refractivity contribution in [1.82, 2.24) is 34.3 Å². The number of nitrogens with zero attached hydrogens (tertiary/aromatic N) is 8. The van der Waals surface area contributed by atoms with E-state index < -0.39 is 11.7 Å². The molecule has 3 atom stereocenters. The number of aromatic nitrogens is 5. The second-order valence-electron chi connectivity index (χ2n) is 11.0. The van der Waals surface area contributed by atoms with Crippen LogP contribution < -0.4 is 10.2 Å². The van der Waals surface area contributed by atoms with Crippen LogP contribution in [0.4, 0.5) is 16.7 Å². The van der Waals surface area contributed by atoms with Crippen molar-refractivity contribution >= 4 is 23.9 Å². The maximum Gasteiger partial charge on any atom is 0.417 e. The Morgan fingerprint density at radius 2 is 2.03 bits per heavy atom. The summed E-state index contributed by atoms with van der Waals surface area (Å²) in [6.45, 7) is 17.1. The minimum absolute atomic E-state index is 0.0263. The molecule has 0 aliphatic carbocycles. The van der Waals surface area contributed by atoms with Gasteiger partial charge < -0.3 is 24.3 Å². The molecule has 13 heteroatoms. The lowest BCUT2D eigenvalue weighted by Crippen LogP contribution is -2.61. The second-order valence-corrected chi connectivity index (χ2v) is 11.0. The highest BCUT2D eigenvalue weighted by Gasteiger charge is 2.61. The molecule has 0 saturated carbocycles. The largest absolute Gasteiger partial charge is 0.435 e. The van der Waals surface area contributed by atoms with Crippen molar-refractivity contribution in [2.75, 3.05) is 43.1 Å². The summed E-state index contributed by atoms with van der Waals surface area (Å²) in [7, 11) is 0. The molecule has 2 amide bonds. The number of hydrogen-bond acceptors (Lipinski definition) is 10. The molecule has 1 spiro atoms. The van der Waals surface area contributed by atoms with Gasteiger partial charge in [-0.25, -0.2) is 14.7 Å².